The first-order chi connectivity index (χ1) is 9.05. The average molecular weight is 262 g/mol. The molecule has 19 heavy (non-hydrogen) atoms. The molecule has 0 aliphatic carbocycles. The summed E-state index contributed by atoms with van der Waals surface area (Å²) in [7, 11) is 0. The van der Waals surface area contributed by atoms with Crippen LogP contribution in [0.25, 0.3) is 0 Å². The Labute approximate surface area is 116 Å². The summed E-state index contributed by atoms with van der Waals surface area (Å²) in [6.45, 7) is 13.2. The van der Waals surface area contributed by atoms with E-state index in [1.54, 1.807) is 0 Å². The molecule has 1 saturated heterocycles. The van der Waals surface area contributed by atoms with E-state index in [0.29, 0.717) is 0 Å². The second kappa shape index (κ2) is 6.35. The van der Waals surface area contributed by atoms with Gasteiger partial charge in [0.15, 0.2) is 0 Å². The summed E-state index contributed by atoms with van der Waals surface area (Å²) in [6, 6.07) is 4.25. The van der Waals surface area contributed by atoms with Crippen molar-refractivity contribution in [1.29, 1.82) is 0 Å². The lowest BCUT2D eigenvalue weighted by Gasteiger charge is -2.27. The van der Waals surface area contributed by atoms with Gasteiger partial charge >= 0.3 is 0 Å². The van der Waals surface area contributed by atoms with Crippen molar-refractivity contribution in [3.63, 3.8) is 0 Å². The van der Waals surface area contributed by atoms with Gasteiger partial charge in [0.05, 0.1) is 0 Å². The van der Waals surface area contributed by atoms with Gasteiger partial charge in [0.25, 0.3) is 0 Å². The van der Waals surface area contributed by atoms with Crippen molar-refractivity contribution in [2.75, 3.05) is 44.6 Å². The molecule has 1 aliphatic heterocycles. The summed E-state index contributed by atoms with van der Waals surface area (Å²) in [5.74, 6) is 0.975. The van der Waals surface area contributed by atoms with Crippen LogP contribution < -0.4 is 10.6 Å². The van der Waals surface area contributed by atoms with Crippen LogP contribution in [0.3, 0.4) is 0 Å². The number of rotatable bonds is 4. The van der Waals surface area contributed by atoms with Gasteiger partial charge in [-0.05, 0) is 17.0 Å². The molecule has 4 nitrogen and oxygen atoms in total. The second-order valence-corrected chi connectivity index (χ2v) is 6.20. The predicted molar refractivity (Wildman–Crippen MR) is 80.7 cm³/mol. The molecular formula is C15H26N4. The zero-order chi connectivity index (χ0) is 13.7. The zero-order valence-electron chi connectivity index (χ0n) is 12.4. The third kappa shape index (κ3) is 4.48. The summed E-state index contributed by atoms with van der Waals surface area (Å²) in [6.07, 6.45) is 1.98. The quantitative estimate of drug-likeness (QED) is 0.866. The van der Waals surface area contributed by atoms with Crippen molar-refractivity contribution in [2.45, 2.75) is 26.2 Å². The predicted octanol–water partition coefficient (Wildman–Crippen LogP) is 1.70. The highest BCUT2D eigenvalue weighted by Gasteiger charge is 2.13. The molecule has 0 bridgehead atoms. The normalized spacial score (nSPS) is 17.4. The van der Waals surface area contributed by atoms with Gasteiger partial charge in [-0.1, -0.05) is 26.8 Å². The summed E-state index contributed by atoms with van der Waals surface area (Å²) in [4.78, 5) is 6.97. The Hall–Kier alpha value is -1.13. The van der Waals surface area contributed by atoms with Crippen LogP contribution in [0.5, 0.6) is 0 Å². The molecule has 2 N–H and O–H groups in total. The lowest BCUT2D eigenvalue weighted by atomic mass is 9.88. The Morgan fingerprint density at radius 1 is 1.26 bits per heavy atom. The third-order valence-corrected chi connectivity index (χ3v) is 3.57. The average Bonchev–Trinajstić information content (AvgIpc) is 2.39. The number of hydrogen-bond donors (Lipinski definition) is 2. The number of nitrogens with one attached hydrogen (secondary N) is 2. The maximum atomic E-state index is 4.49. The number of anilines is 1. The molecule has 0 unspecified atom stereocenters. The standard InChI is InChI=1S/C15H26N4/c1-15(2,3)13-4-5-14(18-12-13)17-8-11-19-9-6-16-7-10-19/h4-5,12,16H,6-11H2,1-3H3,(H,17,18). The molecule has 2 rings (SSSR count). The molecule has 0 aromatic carbocycles. The summed E-state index contributed by atoms with van der Waals surface area (Å²) >= 11 is 0. The highest BCUT2D eigenvalue weighted by atomic mass is 15.2. The summed E-state index contributed by atoms with van der Waals surface area (Å²) in [5.41, 5.74) is 1.45. The van der Waals surface area contributed by atoms with E-state index in [4.69, 9.17) is 0 Å². The molecule has 0 amide bonds. The Bertz CT molecular complexity index is 374. The molecule has 0 atom stereocenters. The minimum absolute atomic E-state index is 0.173. The van der Waals surface area contributed by atoms with Crippen LogP contribution >= 0.6 is 0 Å². The molecule has 0 saturated carbocycles. The lowest BCUT2D eigenvalue weighted by molar-refractivity contribution is 0.249. The van der Waals surface area contributed by atoms with E-state index in [1.165, 1.54) is 5.56 Å². The first-order valence-electron chi connectivity index (χ1n) is 7.19. The second-order valence-electron chi connectivity index (χ2n) is 6.20. The van der Waals surface area contributed by atoms with Crippen molar-refractivity contribution < 1.29 is 0 Å². The van der Waals surface area contributed by atoms with Crippen LogP contribution in [-0.2, 0) is 5.41 Å². The van der Waals surface area contributed by atoms with Crippen molar-refractivity contribution in [2.24, 2.45) is 0 Å². The highest BCUT2D eigenvalue weighted by molar-refractivity contribution is 5.37. The fourth-order valence-corrected chi connectivity index (χ4v) is 2.22. The van der Waals surface area contributed by atoms with E-state index in [2.05, 4.69) is 53.4 Å². The Kier molecular flexibility index (Phi) is 4.77. The molecule has 4 heteroatoms. The molecule has 0 spiro atoms. The zero-order valence-corrected chi connectivity index (χ0v) is 12.4. The molecule has 106 valence electrons. The highest BCUT2D eigenvalue weighted by Crippen LogP contribution is 2.21. The number of aromatic nitrogens is 1. The van der Waals surface area contributed by atoms with Gasteiger partial charge in [0.2, 0.25) is 0 Å². The molecule has 2 heterocycles. The van der Waals surface area contributed by atoms with E-state index in [9.17, 15) is 0 Å². The fourth-order valence-electron chi connectivity index (χ4n) is 2.22. The van der Waals surface area contributed by atoms with Gasteiger partial charge < -0.3 is 10.6 Å². The molecule has 1 aromatic rings. The Morgan fingerprint density at radius 2 is 2.00 bits per heavy atom. The van der Waals surface area contributed by atoms with Crippen molar-refractivity contribution in [3.05, 3.63) is 23.9 Å². The summed E-state index contributed by atoms with van der Waals surface area (Å²) < 4.78 is 0. The summed E-state index contributed by atoms with van der Waals surface area (Å²) in [5, 5.41) is 6.77. The maximum Gasteiger partial charge on any atom is 0.125 e. The van der Waals surface area contributed by atoms with Crippen LogP contribution in [-0.4, -0.2) is 49.2 Å². The van der Waals surface area contributed by atoms with Gasteiger partial charge in [-0.15, -0.1) is 0 Å². The smallest absolute Gasteiger partial charge is 0.125 e. The van der Waals surface area contributed by atoms with Crippen LogP contribution in [0.1, 0.15) is 26.3 Å². The van der Waals surface area contributed by atoms with Crippen molar-refractivity contribution in [3.8, 4) is 0 Å². The van der Waals surface area contributed by atoms with Crippen molar-refractivity contribution in [1.82, 2.24) is 15.2 Å². The van der Waals surface area contributed by atoms with Crippen LogP contribution in [0, 0.1) is 0 Å². The largest absolute Gasteiger partial charge is 0.369 e. The minimum atomic E-state index is 0.173. The first kappa shape index (κ1) is 14.3. The molecule has 1 aromatic heterocycles. The number of pyridine rings is 1. The number of nitrogens with zero attached hydrogens (tertiary/aromatic N) is 2. The SMILES string of the molecule is CC(C)(C)c1ccc(NCCN2CCNCC2)nc1. The van der Waals surface area contributed by atoms with Gasteiger partial charge in [-0.3, -0.25) is 4.90 Å². The van der Waals surface area contributed by atoms with Crippen LogP contribution in [0.15, 0.2) is 18.3 Å². The van der Waals surface area contributed by atoms with E-state index in [1.807, 2.05) is 6.20 Å². The number of piperazine rings is 1. The van der Waals surface area contributed by atoms with Crippen molar-refractivity contribution >= 4 is 5.82 Å². The molecule has 1 aliphatic rings. The van der Waals surface area contributed by atoms with E-state index in [-0.39, 0.29) is 5.41 Å². The Balaban J connectivity index is 1.76. The Morgan fingerprint density at radius 3 is 2.58 bits per heavy atom. The van der Waals surface area contributed by atoms with Gasteiger partial charge in [-0.25, -0.2) is 4.98 Å². The van der Waals surface area contributed by atoms with Crippen LogP contribution in [0.4, 0.5) is 5.82 Å². The molecule has 1 fully saturated rings. The topological polar surface area (TPSA) is 40.2 Å². The van der Waals surface area contributed by atoms with E-state index >= 15 is 0 Å². The molecular weight excluding hydrogens is 236 g/mol. The van der Waals surface area contributed by atoms with Gasteiger partial charge in [0, 0.05) is 45.5 Å². The van der Waals surface area contributed by atoms with Gasteiger partial charge in [0.1, 0.15) is 5.82 Å². The molecule has 0 radical (unpaired) electrons. The lowest BCUT2D eigenvalue weighted by Crippen LogP contribution is -2.45. The fraction of sp³-hybridized carbons (Fsp3) is 0.667. The number of hydrogen-bond acceptors (Lipinski definition) is 4. The first-order valence-corrected chi connectivity index (χ1v) is 7.19. The maximum absolute atomic E-state index is 4.49. The van der Waals surface area contributed by atoms with Crippen LogP contribution in [0.2, 0.25) is 0 Å². The van der Waals surface area contributed by atoms with E-state index < -0.39 is 0 Å². The third-order valence-electron chi connectivity index (χ3n) is 3.57. The minimum Gasteiger partial charge on any atom is -0.369 e. The van der Waals surface area contributed by atoms with E-state index in [0.717, 1.165) is 45.1 Å². The monoisotopic (exact) mass is 262 g/mol. The van der Waals surface area contributed by atoms with Gasteiger partial charge in [-0.2, -0.15) is 0 Å².